The Balaban J connectivity index is 2.18. The minimum absolute atomic E-state index is 0.139. The van der Waals surface area contributed by atoms with E-state index in [2.05, 4.69) is 4.90 Å². The fourth-order valence-corrected chi connectivity index (χ4v) is 2.27. The first-order valence-electron chi connectivity index (χ1n) is 6.61. The highest BCUT2D eigenvalue weighted by atomic mass is 16.5. The van der Waals surface area contributed by atoms with Crippen LogP contribution >= 0.6 is 0 Å². The van der Waals surface area contributed by atoms with Crippen molar-refractivity contribution in [2.75, 3.05) is 46.6 Å². The molecule has 1 aliphatic heterocycles. The highest BCUT2D eigenvalue weighted by molar-refractivity contribution is 5.78. The summed E-state index contributed by atoms with van der Waals surface area (Å²) >= 11 is 0. The van der Waals surface area contributed by atoms with Gasteiger partial charge in [-0.2, -0.15) is 0 Å². The Morgan fingerprint density at radius 2 is 2.28 bits per heavy atom. The minimum atomic E-state index is -0.493. The number of piperidine rings is 1. The van der Waals surface area contributed by atoms with E-state index < -0.39 is 6.10 Å². The first-order valence-corrected chi connectivity index (χ1v) is 6.61. The van der Waals surface area contributed by atoms with Crippen molar-refractivity contribution >= 4 is 5.78 Å². The fourth-order valence-electron chi connectivity index (χ4n) is 2.27. The number of aliphatic hydroxyl groups is 1. The first-order chi connectivity index (χ1) is 8.63. The topological polar surface area (TPSA) is 59.0 Å². The van der Waals surface area contributed by atoms with Gasteiger partial charge in [-0.15, -0.1) is 0 Å². The molecule has 2 atom stereocenters. The summed E-state index contributed by atoms with van der Waals surface area (Å²) in [5, 5.41) is 9.83. The van der Waals surface area contributed by atoms with E-state index >= 15 is 0 Å². The van der Waals surface area contributed by atoms with Crippen molar-refractivity contribution in [1.82, 2.24) is 4.90 Å². The molecule has 0 aromatic rings. The summed E-state index contributed by atoms with van der Waals surface area (Å²) in [6.45, 7) is 5.33. The van der Waals surface area contributed by atoms with Crippen LogP contribution in [0.1, 0.15) is 19.8 Å². The summed E-state index contributed by atoms with van der Waals surface area (Å²) in [5.41, 5.74) is 0. The Morgan fingerprint density at radius 3 is 2.94 bits per heavy atom. The Bertz CT molecular complexity index is 247. The van der Waals surface area contributed by atoms with Gasteiger partial charge in [-0.1, -0.05) is 0 Å². The van der Waals surface area contributed by atoms with E-state index in [1.54, 1.807) is 14.0 Å². The van der Waals surface area contributed by atoms with Crippen molar-refractivity contribution in [3.05, 3.63) is 0 Å². The van der Waals surface area contributed by atoms with Crippen LogP contribution < -0.4 is 0 Å². The van der Waals surface area contributed by atoms with Gasteiger partial charge in [0.2, 0.25) is 0 Å². The standard InChI is InChI=1S/C13H25NO4/c1-11(15)12-4-3-5-14(8-12)9-13(16)10-18-7-6-17-2/h12-13,16H,3-10H2,1-2H3. The second-order valence-corrected chi connectivity index (χ2v) is 4.93. The highest BCUT2D eigenvalue weighted by Crippen LogP contribution is 2.17. The second-order valence-electron chi connectivity index (χ2n) is 4.93. The lowest BCUT2D eigenvalue weighted by atomic mass is 9.94. The van der Waals surface area contributed by atoms with Crippen LogP contribution in [0.4, 0.5) is 0 Å². The molecule has 5 heteroatoms. The summed E-state index contributed by atoms with van der Waals surface area (Å²) in [6.07, 6.45) is 1.51. The van der Waals surface area contributed by atoms with Gasteiger partial charge in [0, 0.05) is 26.1 Å². The molecular weight excluding hydrogens is 234 g/mol. The first kappa shape index (κ1) is 15.6. The van der Waals surface area contributed by atoms with Crippen LogP contribution in [0, 0.1) is 5.92 Å². The van der Waals surface area contributed by atoms with Gasteiger partial charge in [0.05, 0.1) is 25.9 Å². The lowest BCUT2D eigenvalue weighted by Crippen LogP contribution is -2.43. The van der Waals surface area contributed by atoms with Crippen molar-refractivity contribution < 1.29 is 19.4 Å². The van der Waals surface area contributed by atoms with Crippen molar-refractivity contribution in [3.63, 3.8) is 0 Å². The third-order valence-corrected chi connectivity index (χ3v) is 3.29. The number of hydrogen-bond acceptors (Lipinski definition) is 5. The van der Waals surface area contributed by atoms with Crippen LogP contribution in [0.15, 0.2) is 0 Å². The van der Waals surface area contributed by atoms with Crippen LogP contribution in [0.25, 0.3) is 0 Å². The van der Waals surface area contributed by atoms with E-state index in [0.29, 0.717) is 26.4 Å². The molecule has 1 rings (SSSR count). The number of Topliss-reactive ketones (excluding diaryl/α,β-unsaturated/α-hetero) is 1. The maximum Gasteiger partial charge on any atom is 0.134 e. The Kier molecular flexibility index (Phi) is 7.42. The molecule has 2 unspecified atom stereocenters. The number of β-amino-alcohol motifs (C(OH)–C–C–N with tert-alkyl or cyclic N) is 1. The lowest BCUT2D eigenvalue weighted by molar-refractivity contribution is -0.122. The average Bonchev–Trinajstić information content (AvgIpc) is 2.35. The second kappa shape index (κ2) is 8.58. The third-order valence-electron chi connectivity index (χ3n) is 3.29. The molecule has 18 heavy (non-hydrogen) atoms. The van der Waals surface area contributed by atoms with Gasteiger partial charge in [-0.25, -0.2) is 0 Å². The van der Waals surface area contributed by atoms with Crippen LogP contribution in [-0.4, -0.2) is 68.5 Å². The number of aliphatic hydroxyl groups excluding tert-OH is 1. The zero-order chi connectivity index (χ0) is 13.4. The smallest absolute Gasteiger partial charge is 0.134 e. The normalized spacial score (nSPS) is 22.9. The van der Waals surface area contributed by atoms with E-state index in [1.165, 1.54) is 0 Å². The monoisotopic (exact) mass is 259 g/mol. The molecule has 0 radical (unpaired) electrons. The molecule has 0 bridgehead atoms. The fraction of sp³-hybridized carbons (Fsp3) is 0.923. The molecule has 0 amide bonds. The van der Waals surface area contributed by atoms with Crippen LogP contribution in [0.2, 0.25) is 0 Å². The van der Waals surface area contributed by atoms with Gasteiger partial charge in [-0.05, 0) is 26.3 Å². The molecule has 1 N–H and O–H groups in total. The highest BCUT2D eigenvalue weighted by Gasteiger charge is 2.24. The van der Waals surface area contributed by atoms with E-state index in [-0.39, 0.29) is 11.7 Å². The molecule has 0 spiro atoms. The van der Waals surface area contributed by atoms with Gasteiger partial charge < -0.3 is 14.6 Å². The summed E-state index contributed by atoms with van der Waals surface area (Å²) in [6, 6.07) is 0. The number of methoxy groups -OCH3 is 1. The van der Waals surface area contributed by atoms with Gasteiger partial charge in [-0.3, -0.25) is 9.69 Å². The summed E-state index contributed by atoms with van der Waals surface area (Å²) < 4.78 is 10.1. The van der Waals surface area contributed by atoms with E-state index in [9.17, 15) is 9.90 Å². The van der Waals surface area contributed by atoms with E-state index in [1.807, 2.05) is 0 Å². The number of ketones is 1. The molecular formula is C13H25NO4. The largest absolute Gasteiger partial charge is 0.389 e. The number of carbonyl (C=O) groups is 1. The van der Waals surface area contributed by atoms with E-state index in [4.69, 9.17) is 9.47 Å². The Hall–Kier alpha value is -0.490. The Morgan fingerprint density at radius 1 is 1.50 bits per heavy atom. The van der Waals surface area contributed by atoms with Crippen LogP contribution in [-0.2, 0) is 14.3 Å². The predicted octanol–water partition coefficient (Wildman–Crippen LogP) is 0.311. The number of ether oxygens (including phenoxy) is 2. The summed E-state index contributed by atoms with van der Waals surface area (Å²) in [7, 11) is 1.62. The Labute approximate surface area is 109 Å². The number of rotatable bonds is 8. The minimum Gasteiger partial charge on any atom is -0.389 e. The van der Waals surface area contributed by atoms with Gasteiger partial charge in [0.25, 0.3) is 0 Å². The molecule has 0 aliphatic carbocycles. The maximum absolute atomic E-state index is 11.3. The number of carbonyl (C=O) groups excluding carboxylic acids is 1. The van der Waals surface area contributed by atoms with Crippen LogP contribution in [0.3, 0.4) is 0 Å². The zero-order valence-electron chi connectivity index (χ0n) is 11.4. The number of hydrogen-bond donors (Lipinski definition) is 1. The zero-order valence-corrected chi connectivity index (χ0v) is 11.4. The molecule has 1 aliphatic rings. The average molecular weight is 259 g/mol. The number of nitrogens with zero attached hydrogens (tertiary/aromatic N) is 1. The summed E-state index contributed by atoms with van der Waals surface area (Å²) in [5.74, 6) is 0.394. The molecule has 0 aromatic heterocycles. The molecule has 1 heterocycles. The van der Waals surface area contributed by atoms with E-state index in [0.717, 1.165) is 25.9 Å². The third kappa shape index (κ3) is 5.91. The van der Waals surface area contributed by atoms with Crippen LogP contribution in [0.5, 0.6) is 0 Å². The molecule has 1 fully saturated rings. The predicted molar refractivity (Wildman–Crippen MR) is 68.5 cm³/mol. The molecule has 1 saturated heterocycles. The molecule has 0 saturated carbocycles. The van der Waals surface area contributed by atoms with Gasteiger partial charge in [0.1, 0.15) is 5.78 Å². The van der Waals surface area contributed by atoms with Gasteiger partial charge in [0.15, 0.2) is 0 Å². The molecule has 5 nitrogen and oxygen atoms in total. The molecule has 0 aromatic carbocycles. The molecule has 106 valence electrons. The van der Waals surface area contributed by atoms with Crippen molar-refractivity contribution in [2.24, 2.45) is 5.92 Å². The quantitative estimate of drug-likeness (QED) is 0.636. The van der Waals surface area contributed by atoms with Crippen molar-refractivity contribution in [1.29, 1.82) is 0 Å². The lowest BCUT2D eigenvalue weighted by Gasteiger charge is -2.32. The maximum atomic E-state index is 11.3. The van der Waals surface area contributed by atoms with Crippen molar-refractivity contribution in [3.8, 4) is 0 Å². The van der Waals surface area contributed by atoms with Gasteiger partial charge >= 0.3 is 0 Å². The summed E-state index contributed by atoms with van der Waals surface area (Å²) in [4.78, 5) is 13.5. The number of likely N-dealkylation sites (tertiary alicyclic amines) is 1. The SMILES string of the molecule is COCCOCC(O)CN1CCCC(C(C)=O)C1. The van der Waals surface area contributed by atoms with Crippen molar-refractivity contribution in [2.45, 2.75) is 25.9 Å².